The summed E-state index contributed by atoms with van der Waals surface area (Å²) in [5, 5.41) is 2.87. The average molecular weight is 373 g/mol. The molecule has 2 aromatic carbocycles. The number of aryl methyl sites for hydroxylation is 1. The molecule has 0 bridgehead atoms. The number of anilines is 1. The Morgan fingerprint density at radius 1 is 0.964 bits per heavy atom. The first-order valence-corrected chi connectivity index (χ1v) is 9.15. The number of aromatic nitrogens is 1. The van der Waals surface area contributed by atoms with Crippen molar-refractivity contribution in [3.8, 4) is 0 Å². The number of nitrogens with zero attached hydrogens (tertiary/aromatic N) is 2. The van der Waals surface area contributed by atoms with Crippen LogP contribution >= 0.6 is 0 Å². The molecule has 0 aliphatic rings. The number of carbonyl (C=O) groups excluding carboxylic acids is 2. The van der Waals surface area contributed by atoms with E-state index >= 15 is 0 Å². The summed E-state index contributed by atoms with van der Waals surface area (Å²) >= 11 is 0. The Balaban J connectivity index is 1.66. The maximum atomic E-state index is 12.7. The van der Waals surface area contributed by atoms with Gasteiger partial charge in [-0.15, -0.1) is 0 Å². The third-order valence-corrected chi connectivity index (χ3v) is 4.48. The van der Waals surface area contributed by atoms with E-state index in [1.54, 1.807) is 48.6 Å². The lowest BCUT2D eigenvalue weighted by molar-refractivity contribution is 0.0796. The quantitative estimate of drug-likeness (QED) is 0.711. The first kappa shape index (κ1) is 19.3. The first-order valence-electron chi connectivity index (χ1n) is 9.15. The summed E-state index contributed by atoms with van der Waals surface area (Å²) in [7, 11) is 1.77. The summed E-state index contributed by atoms with van der Waals surface area (Å²) in [6.07, 6.45) is 4.24. The normalized spacial score (nSPS) is 10.4. The third-order valence-electron chi connectivity index (χ3n) is 4.48. The van der Waals surface area contributed by atoms with Gasteiger partial charge in [0.15, 0.2) is 0 Å². The van der Waals surface area contributed by atoms with Crippen molar-refractivity contribution in [2.45, 2.75) is 13.3 Å². The summed E-state index contributed by atoms with van der Waals surface area (Å²) in [5.41, 5.74) is 3.87. The number of nitrogens with one attached hydrogen (secondary N) is 1. The molecule has 0 fully saturated rings. The minimum Gasteiger partial charge on any atom is -0.341 e. The monoisotopic (exact) mass is 373 g/mol. The molecule has 0 radical (unpaired) electrons. The number of likely N-dealkylation sites (N-methyl/N-ethyl adjacent to an activating group) is 1. The summed E-state index contributed by atoms with van der Waals surface area (Å²) in [6, 6.07) is 18.3. The number of rotatable bonds is 6. The van der Waals surface area contributed by atoms with Crippen molar-refractivity contribution in [3.63, 3.8) is 0 Å². The molecule has 0 aliphatic heterocycles. The topological polar surface area (TPSA) is 62.3 Å². The van der Waals surface area contributed by atoms with Gasteiger partial charge in [-0.05, 0) is 66.9 Å². The molecular formula is C23H23N3O2. The number of amides is 2. The van der Waals surface area contributed by atoms with Crippen LogP contribution in [-0.2, 0) is 6.42 Å². The fourth-order valence-corrected chi connectivity index (χ4v) is 2.89. The van der Waals surface area contributed by atoms with E-state index in [1.165, 1.54) is 0 Å². The van der Waals surface area contributed by atoms with Gasteiger partial charge in [0.2, 0.25) is 0 Å². The van der Waals surface area contributed by atoms with Crippen molar-refractivity contribution in [3.05, 3.63) is 95.3 Å². The van der Waals surface area contributed by atoms with E-state index in [1.807, 2.05) is 43.3 Å². The van der Waals surface area contributed by atoms with Gasteiger partial charge < -0.3 is 10.2 Å². The van der Waals surface area contributed by atoms with Gasteiger partial charge in [0.25, 0.3) is 11.8 Å². The van der Waals surface area contributed by atoms with Gasteiger partial charge in [0, 0.05) is 42.8 Å². The highest BCUT2D eigenvalue weighted by atomic mass is 16.2. The molecule has 0 atom stereocenters. The SMILES string of the molecule is Cc1cccc(NC(=O)c2cccc(C(=O)N(C)CCc3ccncc3)c2)c1. The molecule has 0 saturated carbocycles. The Hall–Kier alpha value is -3.47. The highest BCUT2D eigenvalue weighted by Gasteiger charge is 2.14. The van der Waals surface area contributed by atoms with Gasteiger partial charge in [-0.2, -0.15) is 0 Å². The molecule has 3 aromatic rings. The second-order valence-electron chi connectivity index (χ2n) is 6.74. The predicted molar refractivity (Wildman–Crippen MR) is 110 cm³/mol. The van der Waals surface area contributed by atoms with Gasteiger partial charge in [-0.3, -0.25) is 14.6 Å². The van der Waals surface area contributed by atoms with E-state index in [-0.39, 0.29) is 11.8 Å². The fraction of sp³-hybridized carbons (Fsp3) is 0.174. The Labute approximate surface area is 165 Å². The molecule has 142 valence electrons. The van der Waals surface area contributed by atoms with Gasteiger partial charge in [0.1, 0.15) is 0 Å². The highest BCUT2D eigenvalue weighted by molar-refractivity contribution is 6.06. The van der Waals surface area contributed by atoms with Crippen LogP contribution in [0.3, 0.4) is 0 Å². The number of hydrogen-bond donors (Lipinski definition) is 1. The summed E-state index contributed by atoms with van der Waals surface area (Å²) < 4.78 is 0. The minimum atomic E-state index is -0.236. The summed E-state index contributed by atoms with van der Waals surface area (Å²) in [6.45, 7) is 2.55. The predicted octanol–water partition coefficient (Wildman–Crippen LogP) is 3.96. The minimum absolute atomic E-state index is 0.112. The third kappa shape index (κ3) is 5.04. The molecule has 0 spiro atoms. The maximum absolute atomic E-state index is 12.7. The van der Waals surface area contributed by atoms with Gasteiger partial charge in [-0.1, -0.05) is 18.2 Å². The van der Waals surface area contributed by atoms with E-state index in [2.05, 4.69) is 10.3 Å². The molecule has 1 heterocycles. The maximum Gasteiger partial charge on any atom is 0.255 e. The molecule has 28 heavy (non-hydrogen) atoms. The largest absolute Gasteiger partial charge is 0.341 e. The standard InChI is InChI=1S/C23H23N3O2/c1-17-5-3-8-21(15-17)25-22(27)19-6-4-7-20(16-19)23(28)26(2)14-11-18-9-12-24-13-10-18/h3-10,12-13,15-16H,11,14H2,1-2H3,(H,25,27). The zero-order valence-electron chi connectivity index (χ0n) is 16.1. The first-order chi connectivity index (χ1) is 13.5. The van der Waals surface area contributed by atoms with Gasteiger partial charge in [-0.25, -0.2) is 0 Å². The molecule has 1 N–H and O–H groups in total. The van der Waals surface area contributed by atoms with Crippen molar-refractivity contribution in [2.75, 3.05) is 18.9 Å². The van der Waals surface area contributed by atoms with Crippen molar-refractivity contribution in [2.24, 2.45) is 0 Å². The lowest BCUT2D eigenvalue weighted by Gasteiger charge is -2.17. The molecule has 2 amide bonds. The number of benzene rings is 2. The second-order valence-corrected chi connectivity index (χ2v) is 6.74. The van der Waals surface area contributed by atoms with Crippen LogP contribution in [0, 0.1) is 6.92 Å². The number of carbonyl (C=O) groups is 2. The van der Waals surface area contributed by atoms with Crippen LogP contribution in [0.15, 0.2) is 73.1 Å². The van der Waals surface area contributed by atoms with Crippen molar-refractivity contribution in [1.29, 1.82) is 0 Å². The molecule has 1 aromatic heterocycles. The lowest BCUT2D eigenvalue weighted by Crippen LogP contribution is -2.29. The average Bonchev–Trinajstić information content (AvgIpc) is 2.72. The molecular weight excluding hydrogens is 350 g/mol. The van der Waals surface area contributed by atoms with E-state index < -0.39 is 0 Å². The van der Waals surface area contributed by atoms with E-state index in [0.29, 0.717) is 17.7 Å². The fourth-order valence-electron chi connectivity index (χ4n) is 2.89. The molecule has 0 aliphatic carbocycles. The van der Waals surface area contributed by atoms with Crippen LogP contribution in [0.5, 0.6) is 0 Å². The molecule has 5 nitrogen and oxygen atoms in total. The van der Waals surface area contributed by atoms with Gasteiger partial charge in [0.05, 0.1) is 0 Å². The Morgan fingerprint density at radius 3 is 2.43 bits per heavy atom. The van der Waals surface area contributed by atoms with Crippen molar-refractivity contribution < 1.29 is 9.59 Å². The summed E-state index contributed by atoms with van der Waals surface area (Å²) in [5.74, 6) is -0.348. The molecule has 0 unspecified atom stereocenters. The van der Waals surface area contributed by atoms with Crippen LogP contribution in [0.4, 0.5) is 5.69 Å². The molecule has 3 rings (SSSR count). The van der Waals surface area contributed by atoms with Gasteiger partial charge >= 0.3 is 0 Å². The molecule has 0 saturated heterocycles. The Bertz CT molecular complexity index is 970. The van der Waals surface area contributed by atoms with Crippen molar-refractivity contribution >= 4 is 17.5 Å². The van der Waals surface area contributed by atoms with E-state index in [9.17, 15) is 9.59 Å². The van der Waals surface area contributed by atoms with Crippen molar-refractivity contribution in [1.82, 2.24) is 9.88 Å². The van der Waals surface area contributed by atoms with Crippen LogP contribution < -0.4 is 5.32 Å². The zero-order chi connectivity index (χ0) is 19.9. The number of pyridine rings is 1. The van der Waals surface area contributed by atoms with Crippen LogP contribution in [0.25, 0.3) is 0 Å². The van der Waals surface area contributed by atoms with E-state index in [4.69, 9.17) is 0 Å². The lowest BCUT2D eigenvalue weighted by atomic mass is 10.1. The molecule has 5 heteroatoms. The zero-order valence-corrected chi connectivity index (χ0v) is 16.1. The van der Waals surface area contributed by atoms with Crippen LogP contribution in [0.1, 0.15) is 31.8 Å². The second kappa shape index (κ2) is 8.95. The highest BCUT2D eigenvalue weighted by Crippen LogP contribution is 2.14. The Morgan fingerprint density at radius 2 is 1.68 bits per heavy atom. The van der Waals surface area contributed by atoms with Crippen LogP contribution in [-0.4, -0.2) is 35.3 Å². The summed E-state index contributed by atoms with van der Waals surface area (Å²) in [4.78, 5) is 30.9. The Kier molecular flexibility index (Phi) is 6.17. The van der Waals surface area contributed by atoms with Crippen LogP contribution in [0.2, 0.25) is 0 Å². The van der Waals surface area contributed by atoms with E-state index in [0.717, 1.165) is 23.2 Å². The number of hydrogen-bond acceptors (Lipinski definition) is 3. The smallest absolute Gasteiger partial charge is 0.255 e.